The average Bonchev–Trinajstić information content (AvgIpc) is 2.66. The second-order valence-electron chi connectivity index (χ2n) is 5.00. The molecule has 2 atom stereocenters. The van der Waals surface area contributed by atoms with Gasteiger partial charge in [-0.3, -0.25) is 0 Å². The van der Waals surface area contributed by atoms with Crippen LogP contribution >= 0.6 is 0 Å². The lowest BCUT2D eigenvalue weighted by molar-refractivity contribution is 0.0637. The Morgan fingerprint density at radius 2 is 1.93 bits per heavy atom. The third kappa shape index (κ3) is 3.44. The van der Waals surface area contributed by atoms with Crippen molar-refractivity contribution in [1.82, 2.24) is 5.32 Å². The molecule has 1 saturated heterocycles. The van der Waals surface area contributed by atoms with Crippen molar-refractivity contribution in [2.45, 2.75) is 50.6 Å². The van der Waals surface area contributed by atoms with Gasteiger partial charge in [0.2, 0.25) is 0 Å². The van der Waals surface area contributed by atoms with E-state index in [4.69, 9.17) is 10.5 Å². The number of nitrogens with one attached hydrogen (secondary N) is 1. The molecule has 0 amide bonds. The van der Waals surface area contributed by atoms with E-state index < -0.39 is 0 Å². The van der Waals surface area contributed by atoms with Crippen LogP contribution in [0.2, 0.25) is 0 Å². The van der Waals surface area contributed by atoms with Gasteiger partial charge >= 0.3 is 0 Å². The largest absolute Gasteiger partial charge is 0.381 e. The molecule has 3 nitrogen and oxygen atoms in total. The van der Waals surface area contributed by atoms with Crippen molar-refractivity contribution in [2.75, 3.05) is 19.8 Å². The lowest BCUT2D eigenvalue weighted by atomic mass is 9.96. The van der Waals surface area contributed by atoms with E-state index in [0.717, 1.165) is 25.7 Å². The van der Waals surface area contributed by atoms with Crippen LogP contribution in [0, 0.1) is 5.92 Å². The van der Waals surface area contributed by atoms with E-state index >= 15 is 0 Å². The van der Waals surface area contributed by atoms with Crippen molar-refractivity contribution in [3.8, 4) is 0 Å². The smallest absolute Gasteiger partial charge is 0.0468 e. The highest BCUT2D eigenvalue weighted by Crippen LogP contribution is 2.19. The van der Waals surface area contributed by atoms with E-state index in [2.05, 4.69) is 5.32 Å². The molecule has 2 rings (SSSR count). The van der Waals surface area contributed by atoms with E-state index in [1.165, 1.54) is 38.5 Å². The van der Waals surface area contributed by atoms with Crippen molar-refractivity contribution >= 4 is 0 Å². The molecular formula is C12H24N2O. The predicted octanol–water partition coefficient (Wildman–Crippen LogP) is 1.27. The Bertz CT molecular complexity index is 180. The summed E-state index contributed by atoms with van der Waals surface area (Å²) in [6.45, 7) is 3.07. The summed E-state index contributed by atoms with van der Waals surface area (Å²) in [4.78, 5) is 0. The van der Waals surface area contributed by atoms with Crippen molar-refractivity contribution in [3.63, 3.8) is 0 Å². The molecule has 1 aliphatic carbocycles. The van der Waals surface area contributed by atoms with Gasteiger partial charge in [-0.2, -0.15) is 0 Å². The third-order valence-electron chi connectivity index (χ3n) is 3.87. The minimum absolute atomic E-state index is 0.402. The zero-order chi connectivity index (χ0) is 10.5. The summed E-state index contributed by atoms with van der Waals surface area (Å²) in [5, 5.41) is 3.61. The van der Waals surface area contributed by atoms with Crippen molar-refractivity contribution in [1.29, 1.82) is 0 Å². The van der Waals surface area contributed by atoms with Crippen LogP contribution in [-0.2, 0) is 4.74 Å². The average molecular weight is 212 g/mol. The summed E-state index contributed by atoms with van der Waals surface area (Å²) < 4.78 is 5.36. The minimum atomic E-state index is 0.402. The summed E-state index contributed by atoms with van der Waals surface area (Å²) in [6.07, 6.45) is 7.57. The molecule has 1 heterocycles. The van der Waals surface area contributed by atoms with E-state index in [1.807, 2.05) is 0 Å². The van der Waals surface area contributed by atoms with Gasteiger partial charge in [0.05, 0.1) is 0 Å². The normalized spacial score (nSPS) is 33.4. The Balaban J connectivity index is 1.57. The van der Waals surface area contributed by atoms with E-state index in [9.17, 15) is 0 Å². The van der Waals surface area contributed by atoms with Crippen LogP contribution in [0.5, 0.6) is 0 Å². The molecule has 2 fully saturated rings. The van der Waals surface area contributed by atoms with E-state index in [0.29, 0.717) is 12.1 Å². The number of hydrogen-bond donors (Lipinski definition) is 2. The molecule has 3 N–H and O–H groups in total. The van der Waals surface area contributed by atoms with E-state index in [1.54, 1.807) is 0 Å². The molecule has 15 heavy (non-hydrogen) atoms. The Kier molecular flexibility index (Phi) is 4.42. The second-order valence-corrected chi connectivity index (χ2v) is 5.00. The van der Waals surface area contributed by atoms with Crippen LogP contribution in [0.3, 0.4) is 0 Å². The van der Waals surface area contributed by atoms with Crippen LogP contribution in [0.4, 0.5) is 0 Å². The van der Waals surface area contributed by atoms with Crippen LogP contribution in [-0.4, -0.2) is 31.8 Å². The first-order valence-corrected chi connectivity index (χ1v) is 6.43. The number of nitrogens with two attached hydrogens (primary N) is 1. The Hall–Kier alpha value is -0.120. The zero-order valence-electron chi connectivity index (χ0n) is 9.58. The summed E-state index contributed by atoms with van der Waals surface area (Å²) in [5.74, 6) is 0.879. The Morgan fingerprint density at radius 1 is 1.13 bits per heavy atom. The van der Waals surface area contributed by atoms with Gasteiger partial charge in [-0.25, -0.2) is 0 Å². The van der Waals surface area contributed by atoms with Crippen LogP contribution < -0.4 is 11.1 Å². The SMILES string of the molecule is NC1CCCC1NCCC1CCOCC1. The van der Waals surface area contributed by atoms with E-state index in [-0.39, 0.29) is 0 Å². The fourth-order valence-electron chi connectivity index (χ4n) is 2.75. The zero-order valence-corrected chi connectivity index (χ0v) is 9.58. The number of rotatable bonds is 4. The third-order valence-corrected chi connectivity index (χ3v) is 3.87. The fourth-order valence-corrected chi connectivity index (χ4v) is 2.75. The monoisotopic (exact) mass is 212 g/mol. The van der Waals surface area contributed by atoms with Crippen molar-refractivity contribution in [3.05, 3.63) is 0 Å². The maximum absolute atomic E-state index is 6.02. The van der Waals surface area contributed by atoms with Gasteiger partial charge in [0.25, 0.3) is 0 Å². The number of hydrogen-bond acceptors (Lipinski definition) is 3. The summed E-state index contributed by atoms with van der Waals surface area (Å²) >= 11 is 0. The first kappa shape index (κ1) is 11.4. The molecule has 0 bridgehead atoms. The van der Waals surface area contributed by atoms with Crippen LogP contribution in [0.15, 0.2) is 0 Å². The fraction of sp³-hybridized carbons (Fsp3) is 1.00. The lowest BCUT2D eigenvalue weighted by Crippen LogP contribution is -2.41. The highest BCUT2D eigenvalue weighted by molar-refractivity contribution is 4.85. The molecule has 2 unspecified atom stereocenters. The van der Waals surface area contributed by atoms with Gasteiger partial charge in [0, 0.05) is 25.3 Å². The summed E-state index contributed by atoms with van der Waals surface area (Å²) in [5.41, 5.74) is 6.02. The first-order chi connectivity index (χ1) is 7.36. The molecule has 0 aromatic heterocycles. The predicted molar refractivity (Wildman–Crippen MR) is 61.8 cm³/mol. The molecular weight excluding hydrogens is 188 g/mol. The van der Waals surface area contributed by atoms with Gasteiger partial charge < -0.3 is 15.8 Å². The quantitative estimate of drug-likeness (QED) is 0.738. The minimum Gasteiger partial charge on any atom is -0.381 e. The molecule has 1 saturated carbocycles. The Morgan fingerprint density at radius 3 is 2.60 bits per heavy atom. The first-order valence-electron chi connectivity index (χ1n) is 6.43. The van der Waals surface area contributed by atoms with Crippen molar-refractivity contribution < 1.29 is 4.74 Å². The second kappa shape index (κ2) is 5.83. The maximum Gasteiger partial charge on any atom is 0.0468 e. The molecule has 1 aliphatic heterocycles. The van der Waals surface area contributed by atoms with Gasteiger partial charge in [0.1, 0.15) is 0 Å². The lowest BCUT2D eigenvalue weighted by Gasteiger charge is -2.23. The van der Waals surface area contributed by atoms with Crippen LogP contribution in [0.25, 0.3) is 0 Å². The molecule has 0 spiro atoms. The molecule has 3 heteroatoms. The number of ether oxygens (including phenoxy) is 1. The molecule has 88 valence electrons. The van der Waals surface area contributed by atoms with Crippen molar-refractivity contribution in [2.24, 2.45) is 11.7 Å². The topological polar surface area (TPSA) is 47.3 Å². The summed E-state index contributed by atoms with van der Waals surface area (Å²) in [6, 6.07) is 0.990. The molecule has 0 radical (unpaired) electrons. The van der Waals surface area contributed by atoms with Crippen LogP contribution in [0.1, 0.15) is 38.5 Å². The molecule has 2 aliphatic rings. The molecule has 0 aromatic carbocycles. The standard InChI is InChI=1S/C12H24N2O/c13-11-2-1-3-12(11)14-7-4-10-5-8-15-9-6-10/h10-12,14H,1-9,13H2. The summed E-state index contributed by atoms with van der Waals surface area (Å²) in [7, 11) is 0. The highest BCUT2D eigenvalue weighted by Gasteiger charge is 2.23. The highest BCUT2D eigenvalue weighted by atomic mass is 16.5. The Labute approximate surface area is 92.7 Å². The molecule has 0 aromatic rings. The van der Waals surface area contributed by atoms with Gasteiger partial charge in [-0.05, 0) is 44.6 Å². The van der Waals surface area contributed by atoms with Gasteiger partial charge in [0.15, 0.2) is 0 Å². The maximum atomic E-state index is 6.02. The van der Waals surface area contributed by atoms with Gasteiger partial charge in [-0.1, -0.05) is 6.42 Å². The van der Waals surface area contributed by atoms with Gasteiger partial charge in [-0.15, -0.1) is 0 Å².